The number of hydrogen-bond donors (Lipinski definition) is 2. The molecule has 0 bridgehead atoms. The van der Waals surface area contributed by atoms with E-state index in [0.29, 0.717) is 4.32 Å². The highest BCUT2D eigenvalue weighted by atomic mass is 32.2. The zero-order valence-electron chi connectivity index (χ0n) is 6.66. The van der Waals surface area contributed by atoms with Crippen molar-refractivity contribution in [3.8, 4) is 0 Å². The average molecular weight is 195 g/mol. The van der Waals surface area contributed by atoms with E-state index in [1.807, 2.05) is 0 Å². The zero-order valence-corrected chi connectivity index (χ0v) is 8.30. The van der Waals surface area contributed by atoms with E-state index in [2.05, 4.69) is 19.1 Å². The molecule has 0 aromatic carbocycles. The van der Waals surface area contributed by atoms with Crippen LogP contribution in [0, 0.1) is 0 Å². The number of carboxylic acid groups (broad SMARTS) is 1. The second kappa shape index (κ2) is 9.71. The summed E-state index contributed by atoms with van der Waals surface area (Å²) in [6.07, 6.45) is 1.14. The second-order valence-electron chi connectivity index (χ2n) is 1.69. The normalized spacial score (nSPS) is 7.82. The summed E-state index contributed by atoms with van der Waals surface area (Å²) in [6, 6.07) is 0. The van der Waals surface area contributed by atoms with Gasteiger partial charge in [0.25, 0.3) is 5.97 Å². The zero-order chi connectivity index (χ0) is 9.28. The Morgan fingerprint density at radius 2 is 2.09 bits per heavy atom. The van der Waals surface area contributed by atoms with E-state index in [4.69, 9.17) is 15.6 Å². The fourth-order valence-corrected chi connectivity index (χ4v) is 0.858. The molecule has 0 fully saturated rings. The van der Waals surface area contributed by atoms with E-state index in [0.717, 1.165) is 19.1 Å². The van der Waals surface area contributed by atoms with E-state index >= 15 is 0 Å². The molecule has 3 nitrogen and oxygen atoms in total. The Labute approximate surface area is 76.3 Å². The van der Waals surface area contributed by atoms with Gasteiger partial charge in [0.05, 0.1) is 0 Å². The number of carboxylic acids is 1. The largest absolute Gasteiger partial charge is 0.481 e. The highest BCUT2D eigenvalue weighted by Crippen LogP contribution is 1.99. The molecular formula is C6H13NO2S2. The minimum atomic E-state index is -0.833. The van der Waals surface area contributed by atoms with E-state index in [-0.39, 0.29) is 0 Å². The summed E-state index contributed by atoms with van der Waals surface area (Å²) in [5.41, 5.74) is 5.17. The lowest BCUT2D eigenvalue weighted by atomic mass is 10.6. The van der Waals surface area contributed by atoms with Crippen LogP contribution in [0.15, 0.2) is 0 Å². The molecule has 0 aromatic heterocycles. The third-order valence-electron chi connectivity index (χ3n) is 0.448. The maximum Gasteiger partial charge on any atom is 0.300 e. The first kappa shape index (κ1) is 13.3. The summed E-state index contributed by atoms with van der Waals surface area (Å²) < 4.78 is 0.557. The molecular weight excluding hydrogens is 182 g/mol. The Bertz CT molecular complexity index is 124. The van der Waals surface area contributed by atoms with Crippen molar-refractivity contribution in [1.82, 2.24) is 0 Å². The summed E-state index contributed by atoms with van der Waals surface area (Å²) in [5.74, 6) is 0.218. The van der Waals surface area contributed by atoms with Crippen LogP contribution >= 0.6 is 24.0 Å². The maximum absolute atomic E-state index is 9.00. The van der Waals surface area contributed by atoms with E-state index < -0.39 is 5.97 Å². The number of thiocarbonyl (C=S) groups is 1. The molecule has 5 heteroatoms. The van der Waals surface area contributed by atoms with Gasteiger partial charge in [-0.05, 0) is 12.2 Å². The number of aliphatic carboxylic acids is 1. The quantitative estimate of drug-likeness (QED) is 0.653. The molecule has 0 aliphatic carbocycles. The fraction of sp³-hybridized carbons (Fsp3) is 0.667. The smallest absolute Gasteiger partial charge is 0.300 e. The van der Waals surface area contributed by atoms with E-state index in [1.165, 1.54) is 0 Å². The number of carbonyl (C=O) groups is 1. The minimum Gasteiger partial charge on any atom is -0.481 e. The highest BCUT2D eigenvalue weighted by molar-refractivity contribution is 8.22. The standard InChI is InChI=1S/C4H9NS2.C2H4O2/c1-2-3-7-4(5)6;1-2(3)4/h2-3H2,1H3,(H2,5,6);1H3,(H,3,4). The Kier molecular flexibility index (Phi) is 11.7. The average Bonchev–Trinajstić information content (AvgIpc) is 1.82. The summed E-state index contributed by atoms with van der Waals surface area (Å²) >= 11 is 6.14. The number of hydrogen-bond acceptors (Lipinski definition) is 3. The van der Waals surface area contributed by atoms with Crippen molar-refractivity contribution in [1.29, 1.82) is 0 Å². The molecule has 0 aromatic rings. The summed E-state index contributed by atoms with van der Waals surface area (Å²) in [5, 5.41) is 7.42. The van der Waals surface area contributed by atoms with Gasteiger partial charge in [-0.3, -0.25) is 4.79 Å². The summed E-state index contributed by atoms with van der Waals surface area (Å²) in [7, 11) is 0. The molecule has 3 N–H and O–H groups in total. The van der Waals surface area contributed by atoms with Crippen molar-refractivity contribution >= 4 is 34.3 Å². The first-order valence-electron chi connectivity index (χ1n) is 3.12. The highest BCUT2D eigenvalue weighted by Gasteiger charge is 1.84. The number of rotatable bonds is 2. The third-order valence-corrected chi connectivity index (χ3v) is 1.70. The molecule has 0 aliphatic heterocycles. The topological polar surface area (TPSA) is 63.3 Å². The van der Waals surface area contributed by atoms with E-state index in [1.54, 1.807) is 11.8 Å². The second-order valence-corrected chi connectivity index (χ2v) is 3.52. The van der Waals surface area contributed by atoms with Crippen LogP contribution < -0.4 is 5.73 Å². The fourth-order valence-electron chi connectivity index (χ4n) is 0.203. The van der Waals surface area contributed by atoms with Gasteiger partial charge in [0.15, 0.2) is 0 Å². The molecule has 11 heavy (non-hydrogen) atoms. The van der Waals surface area contributed by atoms with Crippen molar-refractivity contribution < 1.29 is 9.90 Å². The Balaban J connectivity index is 0. The van der Waals surface area contributed by atoms with Crippen LogP contribution in [0.3, 0.4) is 0 Å². The van der Waals surface area contributed by atoms with Gasteiger partial charge >= 0.3 is 0 Å². The van der Waals surface area contributed by atoms with Crippen LogP contribution in [0.2, 0.25) is 0 Å². The monoisotopic (exact) mass is 195 g/mol. The van der Waals surface area contributed by atoms with Crippen molar-refractivity contribution in [2.24, 2.45) is 5.73 Å². The first-order valence-corrected chi connectivity index (χ1v) is 4.51. The Hall–Kier alpha value is -0.290. The van der Waals surface area contributed by atoms with Crippen molar-refractivity contribution in [2.75, 3.05) is 5.75 Å². The van der Waals surface area contributed by atoms with E-state index in [9.17, 15) is 0 Å². The molecule has 0 atom stereocenters. The summed E-state index contributed by atoms with van der Waals surface area (Å²) in [6.45, 7) is 3.19. The van der Waals surface area contributed by atoms with Crippen LogP contribution in [0.1, 0.15) is 20.3 Å². The molecule has 0 heterocycles. The van der Waals surface area contributed by atoms with Gasteiger partial charge in [-0.15, -0.1) is 0 Å². The number of thioether (sulfide) groups is 1. The van der Waals surface area contributed by atoms with Gasteiger partial charge in [0, 0.05) is 6.92 Å². The van der Waals surface area contributed by atoms with Crippen LogP contribution in [-0.2, 0) is 4.79 Å². The predicted molar refractivity (Wildman–Crippen MR) is 52.8 cm³/mol. The molecule has 66 valence electrons. The Morgan fingerprint density at radius 3 is 2.18 bits per heavy atom. The third kappa shape index (κ3) is 41.9. The SMILES string of the molecule is CC(=O)O.CCCSC(N)=S. The molecule has 0 aliphatic rings. The minimum absolute atomic E-state index is 0.557. The summed E-state index contributed by atoms with van der Waals surface area (Å²) in [4.78, 5) is 9.00. The molecule has 0 rings (SSSR count). The molecule has 0 spiro atoms. The van der Waals surface area contributed by atoms with Gasteiger partial charge in [-0.2, -0.15) is 0 Å². The molecule has 0 saturated carbocycles. The molecule has 0 unspecified atom stereocenters. The Morgan fingerprint density at radius 1 is 1.73 bits per heavy atom. The van der Waals surface area contributed by atoms with Crippen LogP contribution in [0.4, 0.5) is 0 Å². The van der Waals surface area contributed by atoms with Crippen molar-refractivity contribution in [3.05, 3.63) is 0 Å². The van der Waals surface area contributed by atoms with Gasteiger partial charge in [-0.25, -0.2) is 0 Å². The number of nitrogens with two attached hydrogens (primary N) is 1. The first-order chi connectivity index (χ1) is 5.00. The van der Waals surface area contributed by atoms with Crippen molar-refractivity contribution in [2.45, 2.75) is 20.3 Å². The molecule has 0 saturated heterocycles. The lowest BCUT2D eigenvalue weighted by Crippen LogP contribution is -2.01. The van der Waals surface area contributed by atoms with Crippen LogP contribution in [-0.4, -0.2) is 21.1 Å². The molecule has 0 radical (unpaired) electrons. The lowest BCUT2D eigenvalue weighted by Gasteiger charge is -1.90. The van der Waals surface area contributed by atoms with Crippen LogP contribution in [0.25, 0.3) is 0 Å². The van der Waals surface area contributed by atoms with Gasteiger partial charge < -0.3 is 10.8 Å². The van der Waals surface area contributed by atoms with Gasteiger partial charge in [-0.1, -0.05) is 30.9 Å². The maximum atomic E-state index is 9.00. The van der Waals surface area contributed by atoms with Gasteiger partial charge in [0.2, 0.25) is 0 Å². The van der Waals surface area contributed by atoms with Crippen molar-refractivity contribution in [3.63, 3.8) is 0 Å². The predicted octanol–water partition coefficient (Wildman–Crippen LogP) is 1.46. The van der Waals surface area contributed by atoms with Crippen LogP contribution in [0.5, 0.6) is 0 Å². The molecule has 0 amide bonds. The lowest BCUT2D eigenvalue weighted by molar-refractivity contribution is -0.134. The van der Waals surface area contributed by atoms with Gasteiger partial charge in [0.1, 0.15) is 4.32 Å².